The van der Waals surface area contributed by atoms with Gasteiger partial charge in [-0.15, -0.1) is 10.2 Å². The van der Waals surface area contributed by atoms with Crippen molar-refractivity contribution >= 4 is 5.91 Å². The third-order valence-corrected chi connectivity index (χ3v) is 4.52. The minimum atomic E-state index is -0.120. The molecule has 3 rings (SSSR count). The number of aryl methyl sites for hydroxylation is 2. The molecular weight excluding hydrogens is 288 g/mol. The highest BCUT2D eigenvalue weighted by atomic mass is 16.1. The van der Waals surface area contributed by atoms with Crippen molar-refractivity contribution in [3.05, 3.63) is 47.0 Å². The lowest BCUT2D eigenvalue weighted by Crippen LogP contribution is -2.30. The normalized spacial score (nSPS) is 15.6. The van der Waals surface area contributed by atoms with Crippen LogP contribution in [0.15, 0.2) is 24.3 Å². The molecule has 0 saturated carbocycles. The third kappa shape index (κ3) is 3.60. The van der Waals surface area contributed by atoms with Gasteiger partial charge in [-0.3, -0.25) is 4.79 Å². The van der Waals surface area contributed by atoms with Crippen LogP contribution < -0.4 is 5.32 Å². The molecular formula is C18H24N4O. The van der Waals surface area contributed by atoms with Crippen molar-refractivity contribution < 1.29 is 4.79 Å². The van der Waals surface area contributed by atoms with Gasteiger partial charge in [0.05, 0.1) is 12.5 Å². The van der Waals surface area contributed by atoms with E-state index in [1.807, 2.05) is 38.1 Å². The van der Waals surface area contributed by atoms with Gasteiger partial charge in [0.2, 0.25) is 5.91 Å². The summed E-state index contributed by atoms with van der Waals surface area (Å²) in [6.07, 6.45) is 4.94. The Balaban J connectivity index is 1.67. The van der Waals surface area contributed by atoms with Crippen LogP contribution in [0.2, 0.25) is 0 Å². The van der Waals surface area contributed by atoms with Gasteiger partial charge >= 0.3 is 0 Å². The largest absolute Gasteiger partial charge is 0.346 e. The van der Waals surface area contributed by atoms with Gasteiger partial charge in [0.1, 0.15) is 5.82 Å². The quantitative estimate of drug-likeness (QED) is 0.944. The first kappa shape index (κ1) is 15.7. The molecule has 1 N–H and O–H groups in total. The summed E-state index contributed by atoms with van der Waals surface area (Å²) in [5.74, 6) is 1.95. The molecule has 1 aromatic heterocycles. The fraction of sp³-hybridized carbons (Fsp3) is 0.500. The Labute approximate surface area is 137 Å². The average Bonchev–Trinajstić information content (AvgIpc) is 2.79. The fourth-order valence-corrected chi connectivity index (χ4v) is 3.17. The van der Waals surface area contributed by atoms with Crippen molar-refractivity contribution in [2.45, 2.75) is 58.5 Å². The maximum Gasteiger partial charge on any atom is 0.225 e. The van der Waals surface area contributed by atoms with Crippen molar-refractivity contribution in [3.63, 3.8) is 0 Å². The van der Waals surface area contributed by atoms with E-state index in [-0.39, 0.29) is 11.9 Å². The third-order valence-electron chi connectivity index (χ3n) is 4.52. The molecule has 1 aliphatic rings. The molecule has 5 nitrogen and oxygen atoms in total. The smallest absolute Gasteiger partial charge is 0.225 e. The Morgan fingerprint density at radius 3 is 2.91 bits per heavy atom. The highest BCUT2D eigenvalue weighted by molar-refractivity contribution is 5.79. The summed E-state index contributed by atoms with van der Waals surface area (Å²) < 4.78 is 2.19. The van der Waals surface area contributed by atoms with Gasteiger partial charge in [-0.2, -0.15) is 0 Å². The predicted molar refractivity (Wildman–Crippen MR) is 89.0 cm³/mol. The van der Waals surface area contributed by atoms with E-state index in [0.29, 0.717) is 6.42 Å². The molecule has 1 atom stereocenters. The number of hydrogen-bond acceptors (Lipinski definition) is 3. The summed E-state index contributed by atoms with van der Waals surface area (Å²) in [5, 5.41) is 11.7. The minimum Gasteiger partial charge on any atom is -0.346 e. The zero-order valence-electron chi connectivity index (χ0n) is 13.9. The van der Waals surface area contributed by atoms with Crippen LogP contribution in [0, 0.1) is 6.92 Å². The first-order valence-electron chi connectivity index (χ1n) is 8.41. The molecule has 1 amide bonds. The number of nitrogens with one attached hydrogen (secondary N) is 1. The second-order valence-corrected chi connectivity index (χ2v) is 6.33. The van der Waals surface area contributed by atoms with E-state index in [2.05, 4.69) is 20.1 Å². The van der Waals surface area contributed by atoms with Crippen molar-refractivity contribution in [1.82, 2.24) is 20.1 Å². The Kier molecular flexibility index (Phi) is 4.74. The Hall–Kier alpha value is -2.17. The van der Waals surface area contributed by atoms with Crippen molar-refractivity contribution in [2.75, 3.05) is 0 Å². The molecule has 2 heterocycles. The number of fused-ring (bicyclic) bond motifs is 1. The summed E-state index contributed by atoms with van der Waals surface area (Å²) in [6.45, 7) is 4.97. The molecule has 0 bridgehead atoms. The van der Waals surface area contributed by atoms with Crippen LogP contribution in [0.5, 0.6) is 0 Å². The monoisotopic (exact) mass is 312 g/mol. The molecule has 122 valence electrons. The number of rotatable bonds is 4. The van der Waals surface area contributed by atoms with Crippen molar-refractivity contribution in [1.29, 1.82) is 0 Å². The molecule has 0 fully saturated rings. The van der Waals surface area contributed by atoms with Gasteiger partial charge in [-0.05, 0) is 37.8 Å². The second kappa shape index (κ2) is 6.94. The maximum absolute atomic E-state index is 12.3. The zero-order chi connectivity index (χ0) is 16.2. The van der Waals surface area contributed by atoms with Crippen molar-refractivity contribution in [3.8, 4) is 0 Å². The lowest BCUT2D eigenvalue weighted by atomic mass is 10.1. The van der Waals surface area contributed by atoms with E-state index in [1.54, 1.807) is 0 Å². The first-order chi connectivity index (χ1) is 11.1. The number of carbonyl (C=O) groups is 1. The highest BCUT2D eigenvalue weighted by Crippen LogP contribution is 2.18. The summed E-state index contributed by atoms with van der Waals surface area (Å²) in [6, 6.07) is 7.88. The Bertz CT molecular complexity index is 692. The van der Waals surface area contributed by atoms with Gasteiger partial charge in [0, 0.05) is 13.0 Å². The van der Waals surface area contributed by atoms with Gasteiger partial charge in [-0.1, -0.05) is 30.7 Å². The van der Waals surface area contributed by atoms with E-state index in [0.717, 1.165) is 42.2 Å². The zero-order valence-corrected chi connectivity index (χ0v) is 13.9. The molecule has 0 aliphatic carbocycles. The Morgan fingerprint density at radius 1 is 1.26 bits per heavy atom. The first-order valence-corrected chi connectivity index (χ1v) is 8.41. The lowest BCUT2D eigenvalue weighted by molar-refractivity contribution is -0.121. The van der Waals surface area contributed by atoms with E-state index < -0.39 is 0 Å². The molecule has 1 aromatic carbocycles. The SMILES string of the molecule is Cc1ccccc1CC(=O)N[C@@H](C)c1nnc2n1CCCCC2. The van der Waals surface area contributed by atoms with Crippen LogP contribution in [0.25, 0.3) is 0 Å². The van der Waals surface area contributed by atoms with E-state index >= 15 is 0 Å². The maximum atomic E-state index is 12.3. The van der Waals surface area contributed by atoms with Gasteiger partial charge in [0.15, 0.2) is 5.82 Å². The molecule has 0 radical (unpaired) electrons. The van der Waals surface area contributed by atoms with Crippen LogP contribution >= 0.6 is 0 Å². The van der Waals surface area contributed by atoms with Gasteiger partial charge in [-0.25, -0.2) is 0 Å². The highest BCUT2D eigenvalue weighted by Gasteiger charge is 2.20. The molecule has 5 heteroatoms. The molecule has 0 spiro atoms. The van der Waals surface area contributed by atoms with Gasteiger partial charge in [0.25, 0.3) is 0 Å². The van der Waals surface area contributed by atoms with Gasteiger partial charge < -0.3 is 9.88 Å². The van der Waals surface area contributed by atoms with Crippen LogP contribution in [-0.2, 0) is 24.2 Å². The molecule has 0 unspecified atom stereocenters. The molecule has 1 aliphatic heterocycles. The van der Waals surface area contributed by atoms with E-state index in [4.69, 9.17) is 0 Å². The summed E-state index contributed by atoms with van der Waals surface area (Å²) in [5.41, 5.74) is 2.21. The summed E-state index contributed by atoms with van der Waals surface area (Å²) in [7, 11) is 0. The van der Waals surface area contributed by atoms with Crippen LogP contribution in [0.3, 0.4) is 0 Å². The second-order valence-electron chi connectivity index (χ2n) is 6.33. The number of amides is 1. The number of nitrogens with zero attached hydrogens (tertiary/aromatic N) is 3. The summed E-state index contributed by atoms with van der Waals surface area (Å²) in [4.78, 5) is 12.3. The molecule has 0 saturated heterocycles. The van der Waals surface area contributed by atoms with Crippen LogP contribution in [0.1, 0.15) is 55.0 Å². The van der Waals surface area contributed by atoms with E-state index in [9.17, 15) is 4.79 Å². The number of hydrogen-bond donors (Lipinski definition) is 1. The number of benzene rings is 1. The predicted octanol–water partition coefficient (Wildman–Crippen LogP) is 2.73. The topological polar surface area (TPSA) is 59.8 Å². The van der Waals surface area contributed by atoms with Crippen LogP contribution in [-0.4, -0.2) is 20.7 Å². The molecule has 23 heavy (non-hydrogen) atoms. The standard InChI is InChI=1S/C18H24N4O/c1-13-8-5-6-9-15(13)12-17(23)19-14(2)18-21-20-16-10-4-3-7-11-22(16)18/h5-6,8-9,14H,3-4,7,10-12H2,1-2H3,(H,19,23)/t14-/m0/s1. The molecule has 2 aromatic rings. The minimum absolute atomic E-state index is 0.0257. The summed E-state index contributed by atoms with van der Waals surface area (Å²) >= 11 is 0. The number of aromatic nitrogens is 3. The average molecular weight is 312 g/mol. The Morgan fingerprint density at radius 2 is 2.09 bits per heavy atom. The van der Waals surface area contributed by atoms with Crippen molar-refractivity contribution in [2.24, 2.45) is 0 Å². The fourth-order valence-electron chi connectivity index (χ4n) is 3.17. The number of carbonyl (C=O) groups excluding carboxylic acids is 1. The van der Waals surface area contributed by atoms with Crippen LogP contribution in [0.4, 0.5) is 0 Å². The van der Waals surface area contributed by atoms with E-state index in [1.165, 1.54) is 12.8 Å². The lowest BCUT2D eigenvalue weighted by Gasteiger charge is -2.15.